The van der Waals surface area contributed by atoms with Gasteiger partial charge in [0, 0.05) is 30.1 Å². The molecule has 0 radical (unpaired) electrons. The molecule has 1 atom stereocenters. The second kappa shape index (κ2) is 8.11. The van der Waals surface area contributed by atoms with Crippen molar-refractivity contribution in [3.63, 3.8) is 0 Å². The Morgan fingerprint density at radius 2 is 2.06 bits per heavy atom. The second-order valence-corrected chi connectivity index (χ2v) is 8.25. The monoisotopic (exact) mass is 442 g/mol. The summed E-state index contributed by atoms with van der Waals surface area (Å²) in [5, 5.41) is 6.66. The Balaban J connectivity index is 1.58. The fourth-order valence-corrected chi connectivity index (χ4v) is 3.77. The molecule has 1 aromatic heterocycles. The van der Waals surface area contributed by atoms with E-state index in [4.69, 9.17) is 26.8 Å². The fraction of sp³-hybridized carbons (Fsp3) is 0.318. The van der Waals surface area contributed by atoms with Gasteiger partial charge >= 0.3 is 6.03 Å². The second-order valence-electron chi connectivity index (χ2n) is 7.84. The van der Waals surface area contributed by atoms with E-state index in [9.17, 15) is 9.59 Å². The number of nitrogens with zero attached hydrogens (tertiary/aromatic N) is 1. The van der Waals surface area contributed by atoms with Crippen molar-refractivity contribution in [2.45, 2.75) is 37.8 Å². The first-order valence-corrected chi connectivity index (χ1v) is 10.3. The maximum Gasteiger partial charge on any atom is 0.319 e. The lowest BCUT2D eigenvalue weighted by Crippen LogP contribution is -2.39. The molecule has 0 saturated heterocycles. The van der Waals surface area contributed by atoms with Crippen molar-refractivity contribution in [2.75, 3.05) is 7.11 Å². The summed E-state index contributed by atoms with van der Waals surface area (Å²) in [5.41, 5.74) is 6.11. The lowest BCUT2D eigenvalue weighted by atomic mass is 9.95. The van der Waals surface area contributed by atoms with Crippen molar-refractivity contribution in [3.8, 4) is 11.5 Å². The van der Waals surface area contributed by atoms with E-state index in [2.05, 4.69) is 15.6 Å². The largest absolute Gasteiger partial charge is 0.496 e. The van der Waals surface area contributed by atoms with E-state index in [0.717, 1.165) is 12.8 Å². The maximum atomic E-state index is 12.0. The molecule has 1 fully saturated rings. The molecular weight excluding hydrogens is 420 g/mol. The van der Waals surface area contributed by atoms with Gasteiger partial charge in [0.1, 0.15) is 17.1 Å². The Morgan fingerprint density at radius 3 is 2.71 bits per heavy atom. The number of fused-ring (bicyclic) bond motifs is 1. The van der Waals surface area contributed by atoms with Crippen LogP contribution in [0.3, 0.4) is 0 Å². The average Bonchev–Trinajstić information content (AvgIpc) is 3.53. The number of urea groups is 1. The molecule has 0 spiro atoms. The van der Waals surface area contributed by atoms with Crippen molar-refractivity contribution < 1.29 is 19.1 Å². The van der Waals surface area contributed by atoms with Crippen LogP contribution in [0.2, 0.25) is 0 Å². The number of carbonyl (C=O) groups excluding carboxylic acids is 2. The number of pyridine rings is 1. The van der Waals surface area contributed by atoms with Crippen molar-refractivity contribution in [3.05, 3.63) is 52.8 Å². The van der Waals surface area contributed by atoms with Gasteiger partial charge in [0.2, 0.25) is 0 Å². The summed E-state index contributed by atoms with van der Waals surface area (Å²) in [5.74, 6) is 0.262. The SMILES string of the molecule is COc1cc2nccc(OC3(C)C=C(Cl)C(NC(=O)NC4CC4)=CC3)c2cc1C(N)=O. The number of rotatable bonds is 6. The Labute approximate surface area is 184 Å². The highest BCUT2D eigenvalue weighted by atomic mass is 35.5. The standard InChI is InChI=1S/C22H23ClN4O4/c1-22(7-5-16(15(23)11-22)27-21(29)26-12-3-4-12)31-18-6-8-25-17-10-19(30-2)14(20(24)28)9-13(17)18/h5-6,8-12H,3-4,7H2,1-2H3,(H2,24,28)(H2,26,27,29). The van der Waals surface area contributed by atoms with Gasteiger partial charge in [0.15, 0.2) is 0 Å². The molecular formula is C22H23ClN4O4. The van der Waals surface area contributed by atoms with Crippen LogP contribution in [0.4, 0.5) is 4.79 Å². The molecule has 0 bridgehead atoms. The molecule has 162 valence electrons. The highest BCUT2D eigenvalue weighted by Crippen LogP contribution is 2.36. The lowest BCUT2D eigenvalue weighted by Gasteiger charge is -2.31. The van der Waals surface area contributed by atoms with Crippen molar-refractivity contribution in [1.82, 2.24) is 15.6 Å². The zero-order chi connectivity index (χ0) is 22.2. The maximum absolute atomic E-state index is 12.0. The molecule has 4 N–H and O–H groups in total. The number of nitrogens with one attached hydrogen (secondary N) is 2. The van der Waals surface area contributed by atoms with Crippen LogP contribution in [0.1, 0.15) is 36.5 Å². The van der Waals surface area contributed by atoms with Crippen LogP contribution in [-0.2, 0) is 0 Å². The minimum Gasteiger partial charge on any atom is -0.496 e. The fourth-order valence-electron chi connectivity index (χ4n) is 3.41. The van der Waals surface area contributed by atoms with Gasteiger partial charge in [-0.15, -0.1) is 0 Å². The van der Waals surface area contributed by atoms with Gasteiger partial charge in [-0.2, -0.15) is 0 Å². The molecule has 2 aliphatic rings. The summed E-state index contributed by atoms with van der Waals surface area (Å²) in [6.45, 7) is 1.89. The van der Waals surface area contributed by atoms with E-state index < -0.39 is 11.5 Å². The Hall–Kier alpha value is -3.26. The Morgan fingerprint density at radius 1 is 1.29 bits per heavy atom. The van der Waals surface area contributed by atoms with Crippen LogP contribution in [0, 0.1) is 0 Å². The van der Waals surface area contributed by atoms with Crippen molar-refractivity contribution in [1.29, 1.82) is 0 Å². The van der Waals surface area contributed by atoms with Gasteiger partial charge < -0.3 is 25.8 Å². The molecule has 8 nitrogen and oxygen atoms in total. The first kappa shape index (κ1) is 21.0. The van der Waals surface area contributed by atoms with E-state index in [1.165, 1.54) is 7.11 Å². The number of amides is 3. The van der Waals surface area contributed by atoms with Gasteiger partial charge in [0.05, 0.1) is 28.9 Å². The number of benzene rings is 1. The van der Waals surface area contributed by atoms with Gasteiger partial charge in [-0.3, -0.25) is 9.78 Å². The van der Waals surface area contributed by atoms with Crippen LogP contribution >= 0.6 is 11.6 Å². The van der Waals surface area contributed by atoms with Crippen LogP contribution in [0.25, 0.3) is 10.9 Å². The van der Waals surface area contributed by atoms with Crippen LogP contribution in [-0.4, -0.2) is 35.7 Å². The molecule has 4 rings (SSSR count). The third-order valence-corrected chi connectivity index (χ3v) is 5.51. The lowest BCUT2D eigenvalue weighted by molar-refractivity contribution is 0.0997. The molecule has 1 aromatic carbocycles. The van der Waals surface area contributed by atoms with E-state index >= 15 is 0 Å². The number of methoxy groups -OCH3 is 1. The number of allylic oxidation sites excluding steroid dienone is 1. The zero-order valence-electron chi connectivity index (χ0n) is 17.2. The first-order valence-electron chi connectivity index (χ1n) is 9.90. The number of aromatic nitrogens is 1. The third kappa shape index (κ3) is 4.59. The predicted molar refractivity (Wildman–Crippen MR) is 117 cm³/mol. The minimum atomic E-state index is -0.768. The molecule has 2 aliphatic carbocycles. The average molecular weight is 443 g/mol. The third-order valence-electron chi connectivity index (χ3n) is 5.19. The molecule has 1 unspecified atom stereocenters. The highest BCUT2D eigenvalue weighted by Gasteiger charge is 2.30. The summed E-state index contributed by atoms with van der Waals surface area (Å²) in [6, 6.07) is 4.96. The van der Waals surface area contributed by atoms with E-state index in [1.807, 2.05) is 13.0 Å². The molecule has 1 heterocycles. The number of carbonyl (C=O) groups is 2. The van der Waals surface area contributed by atoms with E-state index in [-0.39, 0.29) is 17.6 Å². The van der Waals surface area contributed by atoms with E-state index in [0.29, 0.717) is 39.6 Å². The number of ether oxygens (including phenoxy) is 2. The van der Waals surface area contributed by atoms with Gasteiger partial charge in [-0.1, -0.05) is 17.7 Å². The zero-order valence-corrected chi connectivity index (χ0v) is 18.0. The number of hydrogen-bond donors (Lipinski definition) is 3. The molecule has 2 aromatic rings. The van der Waals surface area contributed by atoms with Gasteiger partial charge in [-0.25, -0.2) is 4.79 Å². The van der Waals surface area contributed by atoms with Gasteiger partial charge in [-0.05, 0) is 38.0 Å². The quantitative estimate of drug-likeness (QED) is 0.634. The molecule has 0 aliphatic heterocycles. The van der Waals surface area contributed by atoms with Crippen LogP contribution < -0.4 is 25.8 Å². The summed E-state index contributed by atoms with van der Waals surface area (Å²) in [7, 11) is 1.46. The minimum absolute atomic E-state index is 0.239. The summed E-state index contributed by atoms with van der Waals surface area (Å²) < 4.78 is 11.5. The summed E-state index contributed by atoms with van der Waals surface area (Å²) in [4.78, 5) is 28.2. The number of hydrogen-bond acceptors (Lipinski definition) is 5. The number of nitrogens with two attached hydrogens (primary N) is 1. The van der Waals surface area contributed by atoms with Crippen LogP contribution in [0.5, 0.6) is 11.5 Å². The van der Waals surface area contributed by atoms with Crippen molar-refractivity contribution >= 4 is 34.4 Å². The smallest absolute Gasteiger partial charge is 0.319 e. The first-order chi connectivity index (χ1) is 14.8. The summed E-state index contributed by atoms with van der Waals surface area (Å²) >= 11 is 6.43. The predicted octanol–water partition coefficient (Wildman–Crippen LogP) is 3.35. The van der Waals surface area contributed by atoms with Crippen LogP contribution in [0.15, 0.2) is 47.3 Å². The van der Waals surface area contributed by atoms with Gasteiger partial charge in [0.25, 0.3) is 5.91 Å². The Kier molecular flexibility index (Phi) is 5.49. The topological polar surface area (TPSA) is 116 Å². The number of halogens is 1. The number of primary amides is 1. The normalized spacial score (nSPS) is 20.5. The molecule has 9 heteroatoms. The van der Waals surface area contributed by atoms with Crippen molar-refractivity contribution in [2.24, 2.45) is 5.73 Å². The molecule has 3 amide bonds. The molecule has 31 heavy (non-hydrogen) atoms. The summed E-state index contributed by atoms with van der Waals surface area (Å²) in [6.07, 6.45) is 7.69. The molecule has 1 saturated carbocycles. The Bertz CT molecular complexity index is 1130. The van der Waals surface area contributed by atoms with E-state index in [1.54, 1.807) is 30.5 Å². The highest BCUT2D eigenvalue weighted by molar-refractivity contribution is 6.32.